The first kappa shape index (κ1) is 25.8. The zero-order chi connectivity index (χ0) is 25.6. The van der Waals surface area contributed by atoms with E-state index in [0.29, 0.717) is 29.6 Å². The Morgan fingerprint density at radius 2 is 1.63 bits per heavy atom. The zero-order valence-electron chi connectivity index (χ0n) is 23.3. The second-order valence-electron chi connectivity index (χ2n) is 14.6. The monoisotopic (exact) mass is 485 g/mol. The lowest BCUT2D eigenvalue weighted by Gasteiger charge is -2.73. The molecule has 0 aromatic rings. The van der Waals surface area contributed by atoms with E-state index in [1.165, 1.54) is 24.8 Å². The van der Waals surface area contributed by atoms with E-state index in [4.69, 9.17) is 0 Å². The van der Waals surface area contributed by atoms with Crippen LogP contribution in [-0.2, 0) is 4.79 Å². The Labute approximate surface area is 213 Å². The van der Waals surface area contributed by atoms with Crippen molar-refractivity contribution in [2.24, 2.45) is 56.7 Å². The van der Waals surface area contributed by atoms with Crippen LogP contribution in [0, 0.1) is 56.7 Å². The highest BCUT2D eigenvalue weighted by Gasteiger charge is 2.72. The Bertz CT molecular complexity index is 902. The van der Waals surface area contributed by atoms with Gasteiger partial charge >= 0.3 is 0 Å². The molecule has 0 spiro atoms. The Morgan fingerprint density at radius 1 is 0.914 bits per heavy atom. The summed E-state index contributed by atoms with van der Waals surface area (Å²) in [6.07, 6.45) is 10.4. The topological polar surface area (TPSA) is 69.6 Å². The number of amides is 1. The van der Waals surface area contributed by atoms with Crippen molar-refractivity contribution in [1.82, 2.24) is 5.32 Å². The summed E-state index contributed by atoms with van der Waals surface area (Å²) in [5, 5.41) is 24.5. The highest BCUT2D eigenvalue weighted by atomic mass is 16.3. The summed E-state index contributed by atoms with van der Waals surface area (Å²) >= 11 is 0. The fraction of sp³-hybridized carbons (Fsp3) is 0.903. The highest BCUT2D eigenvalue weighted by Crippen LogP contribution is 2.77. The van der Waals surface area contributed by atoms with Gasteiger partial charge in [0.15, 0.2) is 0 Å². The van der Waals surface area contributed by atoms with E-state index < -0.39 is 11.5 Å². The normalized spacial score (nSPS) is 55.2. The lowest BCUT2D eigenvalue weighted by molar-refractivity contribution is -0.252. The van der Waals surface area contributed by atoms with Crippen LogP contribution in [0.25, 0.3) is 0 Å². The molecule has 0 aliphatic heterocycles. The molecule has 35 heavy (non-hydrogen) atoms. The van der Waals surface area contributed by atoms with Crippen molar-refractivity contribution in [3.8, 4) is 0 Å². The number of carbonyl (C=O) groups is 1. The van der Waals surface area contributed by atoms with Crippen LogP contribution in [0.4, 0.5) is 0 Å². The molecule has 5 saturated carbocycles. The molecule has 5 aliphatic carbocycles. The molecule has 0 aromatic heterocycles. The number of allylic oxidation sites excluding steroid dienone is 1. The molecule has 5 fully saturated rings. The van der Waals surface area contributed by atoms with Crippen molar-refractivity contribution >= 4 is 5.91 Å². The van der Waals surface area contributed by atoms with Crippen molar-refractivity contribution in [2.75, 3.05) is 13.7 Å². The van der Waals surface area contributed by atoms with Gasteiger partial charge in [-0.2, -0.15) is 0 Å². The Morgan fingerprint density at radius 3 is 2.26 bits per heavy atom. The number of fused-ring (bicyclic) bond motifs is 7. The largest absolute Gasteiger partial charge is 0.396 e. The molecule has 11 atom stereocenters. The maximum Gasteiger partial charge on any atom is 0.226 e. The van der Waals surface area contributed by atoms with Gasteiger partial charge in [0.2, 0.25) is 5.91 Å². The van der Waals surface area contributed by atoms with E-state index in [0.717, 1.165) is 44.9 Å². The van der Waals surface area contributed by atoms with Gasteiger partial charge in [0.25, 0.3) is 0 Å². The van der Waals surface area contributed by atoms with E-state index in [9.17, 15) is 15.0 Å². The second-order valence-corrected chi connectivity index (χ2v) is 14.6. The highest BCUT2D eigenvalue weighted by molar-refractivity contribution is 5.83. The van der Waals surface area contributed by atoms with Gasteiger partial charge in [-0.15, -0.1) is 0 Å². The molecule has 3 N–H and O–H groups in total. The number of hydrogen-bond donors (Lipinski definition) is 3. The standard InChI is InChI=1S/C31H51NO3/c1-19(2)20-10-15-31(26(35)32-7)17-16-29(5)21(25(20)31)8-9-23-27(3)13-12-24(34)28(4,18-33)22(27)11-14-30(23,29)6/h20-25,33-34H,1,8-18H2,2-7H3,(H,32,35)/t20-,21?,22+,23+,24-,25+,27-,28-,29+,30+,31-/m0/s1. The summed E-state index contributed by atoms with van der Waals surface area (Å²) in [5.74, 6) is 2.65. The molecule has 0 bridgehead atoms. The Balaban J connectivity index is 1.56. The maximum absolute atomic E-state index is 13.5. The molecule has 5 rings (SSSR count). The third-order valence-electron chi connectivity index (χ3n) is 13.9. The quantitative estimate of drug-likeness (QED) is 0.448. The van der Waals surface area contributed by atoms with Crippen molar-refractivity contribution in [3.63, 3.8) is 0 Å². The molecule has 4 heteroatoms. The van der Waals surface area contributed by atoms with Crippen LogP contribution in [0.3, 0.4) is 0 Å². The number of aliphatic hydroxyl groups excluding tert-OH is 2. The molecular weight excluding hydrogens is 434 g/mol. The summed E-state index contributed by atoms with van der Waals surface area (Å²) in [5.41, 5.74) is 1.22. The van der Waals surface area contributed by atoms with Crippen molar-refractivity contribution in [1.29, 1.82) is 0 Å². The number of rotatable bonds is 3. The first-order valence-electron chi connectivity index (χ1n) is 14.5. The average molecular weight is 486 g/mol. The predicted molar refractivity (Wildman–Crippen MR) is 140 cm³/mol. The zero-order valence-corrected chi connectivity index (χ0v) is 23.3. The first-order chi connectivity index (χ1) is 16.4. The van der Waals surface area contributed by atoms with E-state index in [1.807, 2.05) is 7.05 Å². The summed E-state index contributed by atoms with van der Waals surface area (Å²) in [4.78, 5) is 13.5. The van der Waals surface area contributed by atoms with Crippen LogP contribution in [0.2, 0.25) is 0 Å². The lowest BCUT2D eigenvalue weighted by Crippen LogP contribution is -2.68. The molecule has 0 aromatic carbocycles. The smallest absolute Gasteiger partial charge is 0.226 e. The number of nitrogens with one attached hydrogen (secondary N) is 1. The Hall–Kier alpha value is -0.870. The van der Waals surface area contributed by atoms with Crippen LogP contribution >= 0.6 is 0 Å². The minimum absolute atomic E-state index is 0.0781. The molecule has 198 valence electrons. The van der Waals surface area contributed by atoms with Crippen LogP contribution in [0.15, 0.2) is 12.2 Å². The molecular formula is C31H51NO3. The summed E-state index contributed by atoms with van der Waals surface area (Å²) in [6.45, 7) is 16.5. The fourth-order valence-corrected chi connectivity index (χ4v) is 11.8. The van der Waals surface area contributed by atoms with E-state index in [1.54, 1.807) is 0 Å². The number of hydrogen-bond acceptors (Lipinski definition) is 3. The van der Waals surface area contributed by atoms with E-state index in [-0.39, 0.29) is 34.2 Å². The molecule has 0 radical (unpaired) electrons. The third kappa shape index (κ3) is 3.02. The van der Waals surface area contributed by atoms with Crippen molar-refractivity contribution < 1.29 is 15.0 Å². The molecule has 1 amide bonds. The molecule has 0 saturated heterocycles. The van der Waals surface area contributed by atoms with Crippen LogP contribution < -0.4 is 5.32 Å². The van der Waals surface area contributed by atoms with Gasteiger partial charge < -0.3 is 15.5 Å². The van der Waals surface area contributed by atoms with Gasteiger partial charge in [0.1, 0.15) is 0 Å². The molecule has 4 nitrogen and oxygen atoms in total. The average Bonchev–Trinajstić information content (AvgIpc) is 3.23. The molecule has 0 heterocycles. The third-order valence-corrected chi connectivity index (χ3v) is 13.9. The van der Waals surface area contributed by atoms with Gasteiger partial charge in [-0.25, -0.2) is 0 Å². The van der Waals surface area contributed by atoms with E-state index in [2.05, 4.69) is 46.5 Å². The predicted octanol–water partition coefficient (Wildman–Crippen LogP) is 5.72. The van der Waals surface area contributed by atoms with Crippen LogP contribution in [0.5, 0.6) is 0 Å². The van der Waals surface area contributed by atoms with E-state index >= 15 is 0 Å². The van der Waals surface area contributed by atoms with Gasteiger partial charge in [0, 0.05) is 12.5 Å². The van der Waals surface area contributed by atoms with Gasteiger partial charge in [-0.05, 0) is 117 Å². The lowest BCUT2D eigenvalue weighted by atomic mass is 9.32. The number of aliphatic hydroxyl groups is 2. The maximum atomic E-state index is 13.5. The van der Waals surface area contributed by atoms with Crippen LogP contribution in [-0.4, -0.2) is 35.9 Å². The second kappa shape index (κ2) is 8.06. The summed E-state index contributed by atoms with van der Waals surface area (Å²) < 4.78 is 0. The van der Waals surface area contributed by atoms with Crippen molar-refractivity contribution in [3.05, 3.63) is 12.2 Å². The molecule has 5 aliphatic rings. The van der Waals surface area contributed by atoms with Crippen LogP contribution in [0.1, 0.15) is 98.8 Å². The van der Waals surface area contributed by atoms with Crippen molar-refractivity contribution in [2.45, 2.75) is 105 Å². The summed E-state index contributed by atoms with van der Waals surface area (Å²) in [7, 11) is 1.83. The van der Waals surface area contributed by atoms with Gasteiger partial charge in [-0.3, -0.25) is 4.79 Å². The Kier molecular flexibility index (Phi) is 5.94. The summed E-state index contributed by atoms with van der Waals surface area (Å²) in [6, 6.07) is 0. The minimum atomic E-state index is -0.403. The molecule has 1 unspecified atom stereocenters. The SMILES string of the molecule is C=C(C)[C@@H]1CC[C@]2(C(=O)NC)CC[C@]3(C)C(CC[C@@H]4[C@@]5(C)CC[C@H](O)[C@@](C)(CO)[C@@H]5CC[C@]43C)[C@@H]12. The van der Waals surface area contributed by atoms with Gasteiger partial charge in [0.05, 0.1) is 18.1 Å². The number of carbonyl (C=O) groups excluding carboxylic acids is 1. The fourth-order valence-electron chi connectivity index (χ4n) is 11.8. The first-order valence-corrected chi connectivity index (χ1v) is 14.5. The minimum Gasteiger partial charge on any atom is -0.396 e. The van der Waals surface area contributed by atoms with Gasteiger partial charge in [-0.1, -0.05) is 39.8 Å².